The number of allylic oxidation sites excluding steroid dienone is 1. The van der Waals surface area contributed by atoms with Crippen molar-refractivity contribution in [2.24, 2.45) is 0 Å². The zero-order chi connectivity index (χ0) is 10.6. The highest BCUT2D eigenvalue weighted by atomic mass is 31.2. The molecule has 0 unspecified atom stereocenters. The Labute approximate surface area is 76.0 Å². The van der Waals surface area contributed by atoms with Gasteiger partial charge in [0.15, 0.2) is 5.76 Å². The molecule has 0 aromatic carbocycles. The number of phosphoric acid groups is 1. The molecule has 6 nitrogen and oxygen atoms in total. The molecular weight excluding hydrogens is 197 g/mol. The molecule has 0 radical (unpaired) electrons. The highest BCUT2D eigenvalue weighted by Crippen LogP contribution is 2.39. The summed E-state index contributed by atoms with van der Waals surface area (Å²) in [6.45, 7) is 1.45. The summed E-state index contributed by atoms with van der Waals surface area (Å²) in [5.74, 6) is -0.954. The van der Waals surface area contributed by atoms with Gasteiger partial charge in [-0.25, -0.2) is 4.57 Å². The van der Waals surface area contributed by atoms with Crippen molar-refractivity contribution in [3.63, 3.8) is 0 Å². The molecule has 7 heteroatoms. The Morgan fingerprint density at radius 1 is 1.46 bits per heavy atom. The van der Waals surface area contributed by atoms with Crippen molar-refractivity contribution < 1.29 is 23.7 Å². The van der Waals surface area contributed by atoms with E-state index in [9.17, 15) is 9.36 Å². The fourth-order valence-electron chi connectivity index (χ4n) is 0.564. The molecule has 0 atom stereocenters. The second-order valence-corrected chi connectivity index (χ2v) is 3.60. The van der Waals surface area contributed by atoms with E-state index in [2.05, 4.69) is 4.52 Å². The zero-order valence-electron chi connectivity index (χ0n) is 7.59. The van der Waals surface area contributed by atoms with Gasteiger partial charge in [-0.2, -0.15) is 0 Å². The van der Waals surface area contributed by atoms with E-state index < -0.39 is 13.7 Å². The van der Waals surface area contributed by atoms with Crippen molar-refractivity contribution in [2.75, 3.05) is 14.1 Å². The van der Waals surface area contributed by atoms with Crippen LogP contribution in [0.5, 0.6) is 0 Å². The van der Waals surface area contributed by atoms with E-state index in [1.807, 2.05) is 0 Å². The van der Waals surface area contributed by atoms with E-state index >= 15 is 0 Å². The van der Waals surface area contributed by atoms with E-state index in [4.69, 9.17) is 9.79 Å². The van der Waals surface area contributed by atoms with E-state index in [1.165, 1.54) is 27.1 Å². The lowest BCUT2D eigenvalue weighted by molar-refractivity contribution is -0.127. The van der Waals surface area contributed by atoms with Gasteiger partial charge in [0.25, 0.3) is 5.91 Å². The number of amides is 1. The van der Waals surface area contributed by atoms with Crippen molar-refractivity contribution in [3.05, 3.63) is 11.8 Å². The first-order chi connectivity index (χ1) is 5.78. The normalized spacial score (nSPS) is 12.5. The molecule has 0 rings (SSSR count). The quantitative estimate of drug-likeness (QED) is 0.390. The summed E-state index contributed by atoms with van der Waals surface area (Å²) in [6, 6.07) is 0. The Hall–Kier alpha value is -0.840. The minimum Gasteiger partial charge on any atom is -0.399 e. The van der Waals surface area contributed by atoms with Gasteiger partial charge in [0.2, 0.25) is 0 Å². The molecule has 2 N–H and O–H groups in total. The summed E-state index contributed by atoms with van der Waals surface area (Å²) in [7, 11) is -1.74. The fraction of sp³-hybridized carbons (Fsp3) is 0.500. The fourth-order valence-corrected chi connectivity index (χ4v) is 1.00. The van der Waals surface area contributed by atoms with Crippen molar-refractivity contribution in [1.29, 1.82) is 0 Å². The van der Waals surface area contributed by atoms with Crippen LogP contribution in [0.25, 0.3) is 0 Å². The molecule has 0 aliphatic heterocycles. The third-order valence-corrected chi connectivity index (χ3v) is 1.53. The van der Waals surface area contributed by atoms with Crippen molar-refractivity contribution in [1.82, 2.24) is 4.90 Å². The Balaban J connectivity index is 4.58. The van der Waals surface area contributed by atoms with Crippen LogP contribution >= 0.6 is 7.82 Å². The number of phosphoric ester groups is 1. The van der Waals surface area contributed by atoms with Gasteiger partial charge < -0.3 is 9.42 Å². The van der Waals surface area contributed by atoms with E-state index in [-0.39, 0.29) is 5.76 Å². The molecule has 0 saturated heterocycles. The number of likely N-dealkylation sites (N-methyl/N-ethyl adjacent to an activating group) is 1. The van der Waals surface area contributed by atoms with Crippen LogP contribution in [0.4, 0.5) is 0 Å². The third-order valence-electron chi connectivity index (χ3n) is 1.10. The highest BCUT2D eigenvalue weighted by molar-refractivity contribution is 7.46. The predicted octanol–water partition coefficient (Wildman–Crippen LogP) is 0.0877. The van der Waals surface area contributed by atoms with Crippen LogP contribution in [0.15, 0.2) is 11.8 Å². The first-order valence-corrected chi connectivity index (χ1v) is 4.94. The molecular formula is C6H12NO5P. The van der Waals surface area contributed by atoms with Crippen LogP contribution in [0.1, 0.15) is 6.92 Å². The number of hydrogen-bond donors (Lipinski definition) is 2. The van der Waals surface area contributed by atoms with Gasteiger partial charge in [-0.15, -0.1) is 0 Å². The highest BCUT2D eigenvalue weighted by Gasteiger charge is 2.22. The van der Waals surface area contributed by atoms with Gasteiger partial charge in [-0.05, 0) is 13.0 Å². The standard InChI is InChI=1S/C6H12NO5P/c1-4-5(6(8)7(2)3)12-13(9,10)11/h4H,1-3H3,(H2,9,10,11). The molecule has 0 aliphatic rings. The maximum absolute atomic E-state index is 11.1. The maximum atomic E-state index is 11.1. The summed E-state index contributed by atoms with van der Waals surface area (Å²) in [6.07, 6.45) is 1.20. The predicted molar refractivity (Wildman–Crippen MR) is 45.6 cm³/mol. The largest absolute Gasteiger partial charge is 0.524 e. The number of hydrogen-bond acceptors (Lipinski definition) is 3. The second-order valence-electron chi connectivity index (χ2n) is 2.43. The molecule has 0 heterocycles. The zero-order valence-corrected chi connectivity index (χ0v) is 8.49. The van der Waals surface area contributed by atoms with Crippen LogP contribution in [0.2, 0.25) is 0 Å². The summed E-state index contributed by atoms with van der Waals surface area (Å²) < 4.78 is 14.5. The summed E-state index contributed by atoms with van der Waals surface area (Å²) in [5.41, 5.74) is 0. The Bertz CT molecular complexity index is 266. The number of nitrogens with zero attached hydrogens (tertiary/aromatic N) is 1. The first-order valence-electron chi connectivity index (χ1n) is 3.41. The van der Waals surface area contributed by atoms with Crippen molar-refractivity contribution >= 4 is 13.7 Å². The Morgan fingerprint density at radius 3 is 2.15 bits per heavy atom. The van der Waals surface area contributed by atoms with Gasteiger partial charge in [0.05, 0.1) is 0 Å². The monoisotopic (exact) mass is 209 g/mol. The number of carbonyl (C=O) groups excluding carboxylic acids is 1. The molecule has 0 fully saturated rings. The van der Waals surface area contributed by atoms with Crippen LogP contribution in [-0.2, 0) is 13.9 Å². The first kappa shape index (κ1) is 12.2. The van der Waals surface area contributed by atoms with E-state index in [0.29, 0.717) is 0 Å². The van der Waals surface area contributed by atoms with E-state index in [0.717, 1.165) is 4.90 Å². The topological polar surface area (TPSA) is 87.1 Å². The molecule has 0 aromatic heterocycles. The maximum Gasteiger partial charge on any atom is 0.524 e. The van der Waals surface area contributed by atoms with Crippen molar-refractivity contribution in [2.45, 2.75) is 6.92 Å². The lowest BCUT2D eigenvalue weighted by Crippen LogP contribution is -2.24. The van der Waals surface area contributed by atoms with Gasteiger partial charge in [-0.3, -0.25) is 14.6 Å². The summed E-state index contributed by atoms with van der Waals surface area (Å²) >= 11 is 0. The number of rotatable bonds is 3. The lowest BCUT2D eigenvalue weighted by Gasteiger charge is -2.14. The number of carbonyl (C=O) groups is 1. The smallest absolute Gasteiger partial charge is 0.399 e. The molecule has 0 bridgehead atoms. The molecule has 13 heavy (non-hydrogen) atoms. The third kappa shape index (κ3) is 4.67. The average molecular weight is 209 g/mol. The molecule has 76 valence electrons. The second kappa shape index (κ2) is 4.41. The van der Waals surface area contributed by atoms with Gasteiger partial charge in [0.1, 0.15) is 0 Å². The average Bonchev–Trinajstić information content (AvgIpc) is 1.97. The van der Waals surface area contributed by atoms with Crippen LogP contribution in [0, 0.1) is 0 Å². The molecule has 0 spiro atoms. The van der Waals surface area contributed by atoms with Crippen LogP contribution < -0.4 is 0 Å². The van der Waals surface area contributed by atoms with Gasteiger partial charge in [0, 0.05) is 14.1 Å². The molecule has 1 amide bonds. The molecule has 0 aromatic rings. The molecule has 0 saturated carbocycles. The van der Waals surface area contributed by atoms with Gasteiger partial charge >= 0.3 is 7.82 Å². The van der Waals surface area contributed by atoms with Crippen molar-refractivity contribution in [3.8, 4) is 0 Å². The molecule has 0 aliphatic carbocycles. The summed E-state index contributed by atoms with van der Waals surface area (Å²) in [4.78, 5) is 29.2. The minimum absolute atomic E-state index is 0.363. The van der Waals surface area contributed by atoms with Crippen LogP contribution in [-0.4, -0.2) is 34.7 Å². The minimum atomic E-state index is -4.65. The SMILES string of the molecule is CC=C(OP(=O)(O)O)C(=O)N(C)C. The van der Waals surface area contributed by atoms with Gasteiger partial charge in [-0.1, -0.05) is 0 Å². The van der Waals surface area contributed by atoms with Crippen LogP contribution in [0.3, 0.4) is 0 Å². The Morgan fingerprint density at radius 2 is 1.92 bits per heavy atom. The van der Waals surface area contributed by atoms with E-state index in [1.54, 1.807) is 0 Å². The Kier molecular flexibility index (Phi) is 4.13. The lowest BCUT2D eigenvalue weighted by atomic mass is 10.4. The summed E-state index contributed by atoms with van der Waals surface area (Å²) in [5, 5.41) is 0.